The molecule has 2 N–H and O–H groups in total. The molecule has 1 aliphatic heterocycles. The van der Waals surface area contributed by atoms with E-state index in [0.29, 0.717) is 35.6 Å². The highest BCUT2D eigenvalue weighted by Gasteiger charge is 2.28. The fourth-order valence-electron chi connectivity index (χ4n) is 5.53. The van der Waals surface area contributed by atoms with Crippen LogP contribution in [-0.4, -0.2) is 36.7 Å². The van der Waals surface area contributed by atoms with Gasteiger partial charge in [0.05, 0.1) is 23.4 Å². The molecule has 3 aromatic carbocycles. The number of hydrogen-bond acceptors (Lipinski definition) is 7. The van der Waals surface area contributed by atoms with Crippen LogP contribution >= 0.6 is 11.3 Å². The lowest BCUT2D eigenvalue weighted by molar-refractivity contribution is 0.103. The van der Waals surface area contributed by atoms with Crippen LogP contribution in [0.2, 0.25) is 0 Å². The number of anilines is 3. The van der Waals surface area contributed by atoms with Crippen molar-refractivity contribution < 1.29 is 19.0 Å². The molecule has 224 valence electrons. The molecule has 0 saturated heterocycles. The molecule has 0 radical (unpaired) electrons. The number of aliphatic hydroxyl groups is 1. The lowest BCUT2D eigenvalue weighted by Gasteiger charge is -2.30. The lowest BCUT2D eigenvalue weighted by atomic mass is 10.1. The number of amides is 1. The zero-order valence-corrected chi connectivity index (χ0v) is 25.6. The number of aliphatic hydroxyl groups excluding tert-OH is 1. The van der Waals surface area contributed by atoms with Crippen LogP contribution in [0.15, 0.2) is 91.0 Å². The number of methoxy groups -OCH3 is 1. The van der Waals surface area contributed by atoms with Gasteiger partial charge in [-0.15, -0.1) is 11.3 Å². The van der Waals surface area contributed by atoms with Crippen molar-refractivity contribution in [2.24, 2.45) is 0 Å². The third kappa shape index (κ3) is 5.89. The van der Waals surface area contributed by atoms with Gasteiger partial charge in [-0.2, -0.15) is 0 Å². The van der Waals surface area contributed by atoms with E-state index in [0.717, 1.165) is 38.8 Å². The van der Waals surface area contributed by atoms with Gasteiger partial charge in [-0.05, 0) is 72.5 Å². The van der Waals surface area contributed by atoms with E-state index in [-0.39, 0.29) is 11.6 Å². The monoisotopic (exact) mass is 608 g/mol. The highest BCUT2D eigenvalue weighted by atomic mass is 32.1. The Bertz CT molecular complexity index is 1800. The number of fused-ring (bicyclic) bond motifs is 3. The summed E-state index contributed by atoms with van der Waals surface area (Å²) in [5.74, 6) is 0.738. The van der Waals surface area contributed by atoms with Crippen LogP contribution in [0.1, 0.15) is 38.3 Å². The molecular formula is C35H33FN4O3S. The highest BCUT2D eigenvalue weighted by molar-refractivity contribution is 7.17. The zero-order valence-electron chi connectivity index (χ0n) is 24.8. The fraction of sp³-hybridized carbons (Fsp3) is 0.200. The molecule has 3 heterocycles. The summed E-state index contributed by atoms with van der Waals surface area (Å²) in [6, 6.07) is 28.1. The predicted molar refractivity (Wildman–Crippen MR) is 174 cm³/mol. The molecule has 5 aromatic rings. The Morgan fingerprint density at radius 2 is 1.89 bits per heavy atom. The van der Waals surface area contributed by atoms with E-state index >= 15 is 0 Å². The second kappa shape index (κ2) is 12.5. The summed E-state index contributed by atoms with van der Waals surface area (Å²) < 4.78 is 19.8. The number of para-hydroxylation sites is 2. The SMILES string of the molecule is COc1cccc(CN(C)c2cccc(C(O)N3CCc4cc(C(=O)Nc5c(C)cccc5F)sc4-c4ccccc43)n2)c1. The van der Waals surface area contributed by atoms with Gasteiger partial charge in [0.2, 0.25) is 0 Å². The largest absolute Gasteiger partial charge is 0.497 e. The molecular weight excluding hydrogens is 575 g/mol. The fourth-order valence-corrected chi connectivity index (χ4v) is 6.67. The van der Waals surface area contributed by atoms with Crippen LogP contribution in [0.5, 0.6) is 5.75 Å². The number of carbonyl (C=O) groups is 1. The van der Waals surface area contributed by atoms with Crippen LogP contribution in [0.3, 0.4) is 0 Å². The maximum Gasteiger partial charge on any atom is 0.265 e. The second-order valence-corrected chi connectivity index (χ2v) is 11.9. The van der Waals surface area contributed by atoms with Gasteiger partial charge in [0, 0.05) is 36.3 Å². The first-order valence-corrected chi connectivity index (χ1v) is 15.2. The number of benzene rings is 3. The Hall–Kier alpha value is -4.73. The molecule has 1 aliphatic rings. The van der Waals surface area contributed by atoms with Crippen molar-refractivity contribution in [1.82, 2.24) is 4.98 Å². The van der Waals surface area contributed by atoms with Crippen molar-refractivity contribution >= 4 is 34.4 Å². The number of aromatic nitrogens is 1. The third-order valence-electron chi connectivity index (χ3n) is 7.83. The average Bonchev–Trinajstić information content (AvgIpc) is 3.41. The molecule has 44 heavy (non-hydrogen) atoms. The summed E-state index contributed by atoms with van der Waals surface area (Å²) in [5.41, 5.74) is 5.28. The molecule has 9 heteroatoms. The first kappa shape index (κ1) is 29.3. The van der Waals surface area contributed by atoms with Gasteiger partial charge in [0.1, 0.15) is 17.4 Å². The van der Waals surface area contributed by atoms with E-state index in [1.54, 1.807) is 26.2 Å². The van der Waals surface area contributed by atoms with Crippen LogP contribution in [0.4, 0.5) is 21.6 Å². The van der Waals surface area contributed by atoms with Crippen LogP contribution in [-0.2, 0) is 13.0 Å². The van der Waals surface area contributed by atoms with Crippen molar-refractivity contribution in [3.63, 3.8) is 0 Å². The van der Waals surface area contributed by atoms with Crippen LogP contribution < -0.4 is 19.9 Å². The standard InChI is InChI=1S/C35H33FN4O3S/c1-22-9-6-13-27(36)32(22)38-34(41)30-20-24-17-18-40(29-15-5-4-12-26(29)33(24)44-30)35(42)28-14-8-16-31(37-28)39(2)21-23-10-7-11-25(19-23)43-3/h4-16,19-20,35,42H,17-18,21H2,1-3H3,(H,38,41). The van der Waals surface area contributed by atoms with E-state index in [2.05, 4.69) is 5.32 Å². The van der Waals surface area contributed by atoms with Crippen LogP contribution in [0, 0.1) is 12.7 Å². The van der Waals surface area contributed by atoms with E-state index < -0.39 is 12.0 Å². The number of aryl methyl sites for hydroxylation is 1. The summed E-state index contributed by atoms with van der Waals surface area (Å²) in [6.45, 7) is 2.91. The van der Waals surface area contributed by atoms with Crippen molar-refractivity contribution in [2.75, 3.05) is 35.8 Å². The molecule has 1 amide bonds. The molecule has 0 fully saturated rings. The van der Waals surface area contributed by atoms with Gasteiger partial charge >= 0.3 is 0 Å². The molecule has 0 saturated carbocycles. The van der Waals surface area contributed by atoms with E-state index in [1.165, 1.54) is 17.4 Å². The van der Waals surface area contributed by atoms with Crippen molar-refractivity contribution in [2.45, 2.75) is 26.1 Å². The maximum atomic E-state index is 14.4. The Labute approximate surface area is 260 Å². The molecule has 0 aliphatic carbocycles. The number of ether oxygens (including phenoxy) is 1. The summed E-state index contributed by atoms with van der Waals surface area (Å²) >= 11 is 1.38. The molecule has 1 atom stereocenters. The summed E-state index contributed by atoms with van der Waals surface area (Å²) in [4.78, 5) is 23.5. The van der Waals surface area contributed by atoms with Gasteiger partial charge in [0.15, 0.2) is 6.23 Å². The number of halogens is 1. The first-order chi connectivity index (χ1) is 21.3. The molecule has 0 bridgehead atoms. The first-order valence-electron chi connectivity index (χ1n) is 14.4. The van der Waals surface area contributed by atoms with Gasteiger partial charge in [-0.25, -0.2) is 9.37 Å². The van der Waals surface area contributed by atoms with E-state index in [9.17, 15) is 14.3 Å². The Kier molecular flexibility index (Phi) is 8.32. The van der Waals surface area contributed by atoms with Crippen LogP contribution in [0.25, 0.3) is 10.4 Å². The lowest BCUT2D eigenvalue weighted by Crippen LogP contribution is -2.31. The topological polar surface area (TPSA) is 77.9 Å². The number of thiophene rings is 1. The summed E-state index contributed by atoms with van der Waals surface area (Å²) in [5, 5.41) is 14.4. The third-order valence-corrected chi connectivity index (χ3v) is 9.04. The quantitative estimate of drug-likeness (QED) is 0.194. The Balaban J connectivity index is 1.25. The van der Waals surface area contributed by atoms with Crippen molar-refractivity contribution in [3.05, 3.63) is 124 Å². The number of carbonyl (C=O) groups excluding carboxylic acids is 1. The minimum atomic E-state index is -0.984. The average molecular weight is 609 g/mol. The van der Waals surface area contributed by atoms with Crippen molar-refractivity contribution in [3.8, 4) is 16.2 Å². The molecule has 7 nitrogen and oxygen atoms in total. The zero-order chi connectivity index (χ0) is 30.8. The minimum Gasteiger partial charge on any atom is -0.497 e. The smallest absolute Gasteiger partial charge is 0.265 e. The second-order valence-electron chi connectivity index (χ2n) is 10.8. The van der Waals surface area contributed by atoms with Gasteiger partial charge in [0.25, 0.3) is 5.91 Å². The minimum absolute atomic E-state index is 0.194. The van der Waals surface area contributed by atoms with Gasteiger partial charge in [-0.1, -0.05) is 48.5 Å². The number of nitrogens with zero attached hydrogens (tertiary/aromatic N) is 3. The molecule has 0 spiro atoms. The summed E-state index contributed by atoms with van der Waals surface area (Å²) in [6.07, 6.45) is -0.374. The molecule has 1 unspecified atom stereocenters. The number of rotatable bonds is 8. The Morgan fingerprint density at radius 3 is 2.70 bits per heavy atom. The molecule has 6 rings (SSSR count). The van der Waals surface area contributed by atoms with E-state index in [4.69, 9.17) is 9.72 Å². The normalized spacial score (nSPS) is 13.0. The number of nitrogens with one attached hydrogen (secondary N) is 1. The highest BCUT2D eigenvalue weighted by Crippen LogP contribution is 2.43. The molecule has 2 aromatic heterocycles. The Morgan fingerprint density at radius 1 is 1.09 bits per heavy atom. The number of hydrogen-bond donors (Lipinski definition) is 2. The van der Waals surface area contributed by atoms with E-state index in [1.807, 2.05) is 89.6 Å². The maximum absolute atomic E-state index is 14.4. The van der Waals surface area contributed by atoms with Gasteiger partial charge < -0.3 is 25.0 Å². The van der Waals surface area contributed by atoms with Gasteiger partial charge in [-0.3, -0.25) is 4.79 Å². The predicted octanol–water partition coefficient (Wildman–Crippen LogP) is 7.21. The number of pyridine rings is 1. The van der Waals surface area contributed by atoms with Crippen molar-refractivity contribution in [1.29, 1.82) is 0 Å². The summed E-state index contributed by atoms with van der Waals surface area (Å²) in [7, 11) is 3.62.